The van der Waals surface area contributed by atoms with Crippen molar-refractivity contribution in [3.63, 3.8) is 0 Å². The van der Waals surface area contributed by atoms with Crippen LogP contribution in [-0.2, 0) is 11.3 Å². The highest BCUT2D eigenvalue weighted by Gasteiger charge is 2.50. The normalized spacial score (nSPS) is 20.6. The molecule has 2 aromatic heterocycles. The Balaban J connectivity index is 1.14. The van der Waals surface area contributed by atoms with Crippen molar-refractivity contribution in [2.45, 2.75) is 58.2 Å². The van der Waals surface area contributed by atoms with Crippen molar-refractivity contribution in [2.75, 3.05) is 18.4 Å². The highest BCUT2D eigenvalue weighted by molar-refractivity contribution is 6.33. The number of carbonyl (C=O) groups excluding carboxylic acids is 1. The van der Waals surface area contributed by atoms with Gasteiger partial charge in [0.05, 0.1) is 22.4 Å². The summed E-state index contributed by atoms with van der Waals surface area (Å²) in [4.78, 5) is 23.4. The number of likely N-dealkylation sites (tertiary alicyclic amines) is 1. The van der Waals surface area contributed by atoms with Crippen LogP contribution in [0, 0.1) is 11.2 Å². The van der Waals surface area contributed by atoms with Crippen LogP contribution in [0.1, 0.15) is 45.6 Å². The quantitative estimate of drug-likeness (QED) is 0.280. The molecule has 1 amide bonds. The van der Waals surface area contributed by atoms with Crippen LogP contribution in [0.2, 0.25) is 5.02 Å². The Morgan fingerprint density at radius 2 is 2.00 bits per heavy atom. The van der Waals surface area contributed by atoms with Gasteiger partial charge in [0.25, 0.3) is 0 Å². The average molecular weight is 562 g/mol. The summed E-state index contributed by atoms with van der Waals surface area (Å²) in [6.07, 6.45) is 6.20. The number of ether oxygens (including phenoxy) is 1. The minimum Gasteiger partial charge on any atom is -0.444 e. The SMILES string of the molecule is CC(C)(C)OC(=O)N1CC[C@]2(C1)C[C@H](Nc1cc(-c3ccc4ncn(Cc5cccc(F)c5)c4c3)c(Cl)cn1)C2. The van der Waals surface area contributed by atoms with Crippen LogP contribution < -0.4 is 5.32 Å². The van der Waals surface area contributed by atoms with Gasteiger partial charge >= 0.3 is 6.09 Å². The lowest BCUT2D eigenvalue weighted by Crippen LogP contribution is -2.47. The fourth-order valence-electron chi connectivity index (χ4n) is 5.97. The summed E-state index contributed by atoms with van der Waals surface area (Å²) in [6, 6.07) is 14.9. The molecule has 1 aliphatic heterocycles. The summed E-state index contributed by atoms with van der Waals surface area (Å²) in [5.74, 6) is 0.520. The predicted molar refractivity (Wildman–Crippen MR) is 155 cm³/mol. The number of nitrogens with zero attached hydrogens (tertiary/aromatic N) is 4. The number of rotatable bonds is 5. The molecule has 1 aliphatic carbocycles. The van der Waals surface area contributed by atoms with Gasteiger partial charge in [-0.25, -0.2) is 19.2 Å². The van der Waals surface area contributed by atoms with Crippen LogP contribution in [0.25, 0.3) is 22.2 Å². The third-order valence-corrected chi connectivity index (χ3v) is 8.13. The molecule has 9 heteroatoms. The molecule has 208 valence electrons. The number of benzene rings is 2. The van der Waals surface area contributed by atoms with Gasteiger partial charge < -0.3 is 19.5 Å². The summed E-state index contributed by atoms with van der Waals surface area (Å²) in [5.41, 5.74) is 4.17. The molecule has 6 rings (SSSR count). The fourth-order valence-corrected chi connectivity index (χ4v) is 6.18. The van der Waals surface area contributed by atoms with Crippen molar-refractivity contribution in [2.24, 2.45) is 5.41 Å². The number of carbonyl (C=O) groups is 1. The number of fused-ring (bicyclic) bond motifs is 1. The summed E-state index contributed by atoms with van der Waals surface area (Å²) in [5, 5.41) is 4.14. The maximum absolute atomic E-state index is 13.7. The number of aromatic nitrogens is 3. The van der Waals surface area contributed by atoms with Gasteiger partial charge in [-0.2, -0.15) is 0 Å². The van der Waals surface area contributed by atoms with E-state index in [1.165, 1.54) is 6.07 Å². The molecular formula is C31H33ClFN5O2. The summed E-state index contributed by atoms with van der Waals surface area (Å²) < 4.78 is 21.3. The van der Waals surface area contributed by atoms with E-state index in [1.54, 1.807) is 24.7 Å². The van der Waals surface area contributed by atoms with E-state index in [4.69, 9.17) is 16.3 Å². The zero-order chi connectivity index (χ0) is 28.1. The van der Waals surface area contributed by atoms with Gasteiger partial charge in [0.2, 0.25) is 0 Å². The minimum absolute atomic E-state index is 0.148. The van der Waals surface area contributed by atoms with E-state index in [0.29, 0.717) is 11.6 Å². The van der Waals surface area contributed by atoms with E-state index < -0.39 is 5.60 Å². The van der Waals surface area contributed by atoms with E-state index >= 15 is 0 Å². The molecule has 7 nitrogen and oxygen atoms in total. The summed E-state index contributed by atoms with van der Waals surface area (Å²) >= 11 is 6.61. The lowest BCUT2D eigenvalue weighted by Gasteiger charge is -2.45. The number of hydrogen-bond acceptors (Lipinski definition) is 5. The molecule has 0 bridgehead atoms. The van der Waals surface area contributed by atoms with Crippen molar-refractivity contribution in [3.05, 3.63) is 77.5 Å². The molecule has 0 unspecified atom stereocenters. The lowest BCUT2D eigenvalue weighted by molar-refractivity contribution is 0.0237. The second kappa shape index (κ2) is 10.1. The van der Waals surface area contributed by atoms with Crippen molar-refractivity contribution in [1.29, 1.82) is 0 Å². The van der Waals surface area contributed by atoms with Gasteiger partial charge in [0, 0.05) is 37.4 Å². The van der Waals surface area contributed by atoms with Crippen LogP contribution in [0.4, 0.5) is 15.0 Å². The number of amides is 1. The lowest BCUT2D eigenvalue weighted by atomic mass is 9.65. The van der Waals surface area contributed by atoms with Gasteiger partial charge in [-0.3, -0.25) is 0 Å². The molecule has 40 heavy (non-hydrogen) atoms. The first kappa shape index (κ1) is 26.6. The number of imidazole rings is 1. The fraction of sp³-hybridized carbons (Fsp3) is 0.387. The minimum atomic E-state index is -0.486. The summed E-state index contributed by atoms with van der Waals surface area (Å²) in [7, 11) is 0. The second-order valence-electron chi connectivity index (χ2n) is 12.2. The zero-order valence-electron chi connectivity index (χ0n) is 23.0. The number of halogens is 2. The second-order valence-corrected chi connectivity index (χ2v) is 12.6. The molecule has 0 atom stereocenters. The van der Waals surface area contributed by atoms with Crippen molar-refractivity contribution in [3.8, 4) is 11.1 Å². The Morgan fingerprint density at radius 1 is 1.18 bits per heavy atom. The van der Waals surface area contributed by atoms with Crippen LogP contribution in [0.15, 0.2) is 61.1 Å². The van der Waals surface area contributed by atoms with Crippen LogP contribution in [0.3, 0.4) is 0 Å². The molecule has 0 radical (unpaired) electrons. The van der Waals surface area contributed by atoms with Crippen molar-refractivity contribution in [1.82, 2.24) is 19.4 Å². The molecule has 2 aliphatic rings. The smallest absolute Gasteiger partial charge is 0.410 e. The molecule has 2 fully saturated rings. The first-order valence-electron chi connectivity index (χ1n) is 13.7. The van der Waals surface area contributed by atoms with Crippen LogP contribution in [-0.4, -0.2) is 50.3 Å². The molecule has 2 aromatic carbocycles. The Morgan fingerprint density at radius 3 is 2.77 bits per heavy atom. The molecule has 1 saturated heterocycles. The highest BCUT2D eigenvalue weighted by Crippen LogP contribution is 2.49. The van der Waals surface area contributed by atoms with E-state index in [-0.39, 0.29) is 23.4 Å². The first-order valence-corrected chi connectivity index (χ1v) is 14.0. The Labute approximate surface area is 238 Å². The van der Waals surface area contributed by atoms with E-state index in [1.807, 2.05) is 54.5 Å². The molecule has 1 spiro atoms. The van der Waals surface area contributed by atoms with Crippen LogP contribution >= 0.6 is 11.6 Å². The molecule has 1 N–H and O–H groups in total. The molecule has 4 aromatic rings. The maximum atomic E-state index is 13.7. The number of hydrogen-bond donors (Lipinski definition) is 1. The van der Waals surface area contributed by atoms with E-state index in [0.717, 1.165) is 65.9 Å². The zero-order valence-corrected chi connectivity index (χ0v) is 23.7. The van der Waals surface area contributed by atoms with Gasteiger partial charge in [-0.05, 0) is 86.9 Å². The van der Waals surface area contributed by atoms with Gasteiger partial charge in [-0.15, -0.1) is 0 Å². The maximum Gasteiger partial charge on any atom is 0.410 e. The number of pyridine rings is 1. The highest BCUT2D eigenvalue weighted by atomic mass is 35.5. The standard InChI is InChI=1S/C31H33ClFN5O2/c1-30(2,3)40-29(39)37-10-9-31(18-37)14-23(15-31)36-28-13-24(25(32)16-34-28)21-7-8-26-27(12-21)38(19-35-26)17-20-5-4-6-22(33)11-20/h4-8,11-13,16,19,23H,9-10,14-15,17-18H2,1-3H3,(H,34,36)/t23-,31-. The van der Waals surface area contributed by atoms with Crippen molar-refractivity contribution >= 4 is 34.5 Å². The Bertz CT molecular complexity index is 1570. The van der Waals surface area contributed by atoms with E-state index in [2.05, 4.69) is 21.4 Å². The average Bonchev–Trinajstić information content (AvgIpc) is 3.49. The Hall–Kier alpha value is -3.65. The predicted octanol–water partition coefficient (Wildman–Crippen LogP) is 7.14. The van der Waals surface area contributed by atoms with Gasteiger partial charge in [0.15, 0.2) is 0 Å². The largest absolute Gasteiger partial charge is 0.444 e. The van der Waals surface area contributed by atoms with E-state index in [9.17, 15) is 9.18 Å². The third kappa shape index (κ3) is 5.50. The first-order chi connectivity index (χ1) is 19.1. The summed E-state index contributed by atoms with van der Waals surface area (Å²) in [6.45, 7) is 7.68. The van der Waals surface area contributed by atoms with Gasteiger partial charge in [-0.1, -0.05) is 29.8 Å². The molecular weight excluding hydrogens is 529 g/mol. The topological polar surface area (TPSA) is 72.3 Å². The monoisotopic (exact) mass is 561 g/mol. The number of anilines is 1. The third-order valence-electron chi connectivity index (χ3n) is 7.83. The number of nitrogens with one attached hydrogen (secondary N) is 1. The van der Waals surface area contributed by atoms with Crippen molar-refractivity contribution < 1.29 is 13.9 Å². The van der Waals surface area contributed by atoms with Gasteiger partial charge in [0.1, 0.15) is 17.2 Å². The molecule has 3 heterocycles. The van der Waals surface area contributed by atoms with Crippen LogP contribution in [0.5, 0.6) is 0 Å². The molecule has 1 saturated carbocycles. The Kier molecular flexibility index (Phi) is 6.69.